The zero-order valence-corrected chi connectivity index (χ0v) is 15.8. The molecule has 3 aromatic heterocycles. The van der Waals surface area contributed by atoms with Gasteiger partial charge in [-0.05, 0) is 57.2 Å². The molecule has 4 rings (SSSR count). The van der Waals surface area contributed by atoms with E-state index in [4.69, 9.17) is 8.22 Å². The summed E-state index contributed by atoms with van der Waals surface area (Å²) in [5, 5.41) is 5.98. The molecule has 3 aromatic rings. The fourth-order valence-corrected chi connectivity index (χ4v) is 3.87. The first-order chi connectivity index (χ1) is 15.9. The number of aryl methyl sites for hydroxylation is 1. The first kappa shape index (κ1) is 12.8. The quantitative estimate of drug-likeness (QED) is 0.677. The average molecular weight is 384 g/mol. The topological polar surface area (TPSA) is 63.9 Å². The van der Waals surface area contributed by atoms with Gasteiger partial charge in [-0.25, -0.2) is 0 Å². The normalized spacial score (nSPS) is 24.1. The van der Waals surface area contributed by atoms with Crippen LogP contribution in [-0.4, -0.2) is 50.4 Å². The highest BCUT2D eigenvalue weighted by molar-refractivity contribution is 5.87. The van der Waals surface area contributed by atoms with Gasteiger partial charge in [0.1, 0.15) is 5.78 Å². The van der Waals surface area contributed by atoms with Crippen molar-refractivity contribution in [3.63, 3.8) is 0 Å². The lowest BCUT2D eigenvalue weighted by atomic mass is 9.82. The Bertz CT molecular complexity index is 1170. The van der Waals surface area contributed by atoms with Crippen molar-refractivity contribution >= 4 is 16.6 Å². The Hall–Kier alpha value is -2.60. The molecule has 1 fully saturated rings. The number of pyridine rings is 2. The number of ketones is 1. The van der Waals surface area contributed by atoms with Crippen molar-refractivity contribution < 1.29 is 13.0 Å². The van der Waals surface area contributed by atoms with Crippen LogP contribution >= 0.6 is 0 Å². The van der Waals surface area contributed by atoms with Gasteiger partial charge in [-0.3, -0.25) is 19.4 Å². The molecule has 0 amide bonds. The van der Waals surface area contributed by atoms with E-state index < -0.39 is 20.0 Å². The van der Waals surface area contributed by atoms with Crippen LogP contribution < -0.4 is 0 Å². The Morgan fingerprint density at radius 2 is 1.93 bits per heavy atom. The lowest BCUT2D eigenvalue weighted by molar-refractivity contribution is -0.123. The fraction of sp³-hybridized carbons (Fsp3) is 0.455. The molecule has 1 saturated carbocycles. The Morgan fingerprint density at radius 3 is 2.64 bits per heavy atom. The lowest BCUT2D eigenvalue weighted by Crippen LogP contribution is -2.34. The second-order valence-electron chi connectivity index (χ2n) is 7.51. The van der Waals surface area contributed by atoms with Gasteiger partial charge in [0.25, 0.3) is 0 Å². The predicted octanol–water partition coefficient (Wildman–Crippen LogP) is 3.26. The highest BCUT2D eigenvalue weighted by Crippen LogP contribution is 2.28. The van der Waals surface area contributed by atoms with E-state index in [1.54, 1.807) is 23.3 Å². The van der Waals surface area contributed by atoms with E-state index in [1.807, 2.05) is 25.4 Å². The molecule has 3 heterocycles. The van der Waals surface area contributed by atoms with Crippen molar-refractivity contribution in [2.75, 3.05) is 14.0 Å². The maximum Gasteiger partial charge on any atom is 0.141 e. The number of hydrogen-bond acceptors (Lipinski definition) is 5. The third kappa shape index (κ3) is 3.97. The van der Waals surface area contributed by atoms with Crippen molar-refractivity contribution in [3.8, 4) is 11.3 Å². The van der Waals surface area contributed by atoms with Crippen LogP contribution in [0.15, 0.2) is 36.9 Å². The van der Waals surface area contributed by atoms with Gasteiger partial charge in [0, 0.05) is 68.9 Å². The summed E-state index contributed by atoms with van der Waals surface area (Å²) in [4.78, 5) is 22.5. The highest BCUT2D eigenvalue weighted by Gasteiger charge is 2.27. The molecule has 1 aliphatic carbocycles. The van der Waals surface area contributed by atoms with Gasteiger partial charge < -0.3 is 4.90 Å². The van der Waals surface area contributed by atoms with Gasteiger partial charge >= 0.3 is 0 Å². The van der Waals surface area contributed by atoms with E-state index in [9.17, 15) is 4.79 Å². The van der Waals surface area contributed by atoms with Gasteiger partial charge in [0.2, 0.25) is 0 Å². The Balaban J connectivity index is 1.43. The molecule has 0 aliphatic heterocycles. The third-order valence-electron chi connectivity index (χ3n) is 5.53. The second-order valence-corrected chi connectivity index (χ2v) is 7.51. The standard InChI is InChI=1S/C22H27N5O/c1-26(2)20-6-4-15(5-7-20)22(28)10-19-8-16-9-21(18-13-25-27(3)14-18)24-12-17(16)11-23-19/h8-9,11-15,20H,4-7,10H2,1-3H3/i1D3,2D3. The van der Waals surface area contributed by atoms with Gasteiger partial charge in [-0.2, -0.15) is 5.10 Å². The molecule has 0 unspecified atom stereocenters. The Labute approximate surface area is 174 Å². The van der Waals surface area contributed by atoms with Crippen molar-refractivity contribution in [3.05, 3.63) is 42.6 Å². The summed E-state index contributed by atoms with van der Waals surface area (Å²) in [6.45, 7) is -5.41. The first-order valence-corrected chi connectivity index (χ1v) is 9.47. The molecule has 146 valence electrons. The molecule has 0 bridgehead atoms. The number of Topliss-reactive ketones (excluding diaryl/α,β-unsaturated/α-hetero) is 1. The molecule has 0 atom stereocenters. The van der Waals surface area contributed by atoms with Crippen LogP contribution in [0.3, 0.4) is 0 Å². The van der Waals surface area contributed by atoms with E-state index in [-0.39, 0.29) is 18.1 Å². The van der Waals surface area contributed by atoms with Crippen LogP contribution in [0.25, 0.3) is 22.0 Å². The number of carbonyl (C=O) groups is 1. The SMILES string of the molecule is [2H]C([2H])([2H])N(C1CCC(C(=O)Cc2cc3cc(-c4cnn(C)c4)ncc3cn2)CC1)C([2H])([2H])[2H]. The largest absolute Gasteiger partial charge is 0.306 e. The van der Waals surface area contributed by atoms with E-state index in [1.165, 1.54) is 0 Å². The van der Waals surface area contributed by atoms with Crippen LogP contribution in [0.2, 0.25) is 0 Å². The van der Waals surface area contributed by atoms with Crippen molar-refractivity contribution in [1.82, 2.24) is 24.6 Å². The highest BCUT2D eigenvalue weighted by atomic mass is 16.1. The molecular formula is C22H27N5O. The minimum absolute atomic E-state index is 0.0427. The van der Waals surface area contributed by atoms with E-state index in [2.05, 4.69) is 15.1 Å². The van der Waals surface area contributed by atoms with Crippen LogP contribution in [0.4, 0.5) is 0 Å². The maximum atomic E-state index is 13.0. The number of aromatic nitrogens is 4. The number of carbonyl (C=O) groups excluding carboxylic acids is 1. The number of nitrogens with zero attached hydrogens (tertiary/aromatic N) is 5. The van der Waals surface area contributed by atoms with Crippen molar-refractivity contribution in [1.29, 1.82) is 0 Å². The van der Waals surface area contributed by atoms with Gasteiger partial charge in [0.05, 0.1) is 11.9 Å². The summed E-state index contributed by atoms with van der Waals surface area (Å²) in [5.74, 6) is -0.187. The number of fused-ring (bicyclic) bond motifs is 1. The monoisotopic (exact) mass is 383 g/mol. The number of hydrogen-bond donors (Lipinski definition) is 0. The summed E-state index contributed by atoms with van der Waals surface area (Å²) in [6, 6.07) is 3.25. The van der Waals surface area contributed by atoms with Crippen molar-refractivity contribution in [2.45, 2.75) is 38.1 Å². The van der Waals surface area contributed by atoms with E-state index in [0.717, 1.165) is 22.0 Å². The zero-order chi connectivity index (χ0) is 24.7. The molecule has 1 aliphatic rings. The van der Waals surface area contributed by atoms with Crippen LogP contribution in [0.5, 0.6) is 0 Å². The molecule has 0 radical (unpaired) electrons. The van der Waals surface area contributed by atoms with Gasteiger partial charge in [0.15, 0.2) is 0 Å². The van der Waals surface area contributed by atoms with Crippen LogP contribution in [0, 0.1) is 5.92 Å². The van der Waals surface area contributed by atoms with Gasteiger partial charge in [-0.15, -0.1) is 0 Å². The smallest absolute Gasteiger partial charge is 0.141 e. The molecule has 28 heavy (non-hydrogen) atoms. The van der Waals surface area contributed by atoms with Crippen molar-refractivity contribution in [2.24, 2.45) is 13.0 Å². The molecule has 6 nitrogen and oxygen atoms in total. The summed E-state index contributed by atoms with van der Waals surface area (Å²) in [5.41, 5.74) is 2.35. The zero-order valence-electron chi connectivity index (χ0n) is 21.8. The first-order valence-electron chi connectivity index (χ1n) is 12.5. The van der Waals surface area contributed by atoms with Gasteiger partial charge in [-0.1, -0.05) is 0 Å². The Morgan fingerprint density at radius 1 is 1.14 bits per heavy atom. The number of rotatable bonds is 5. The Kier molecular flexibility index (Phi) is 3.56. The maximum absolute atomic E-state index is 13.0. The van der Waals surface area contributed by atoms with E-state index >= 15 is 0 Å². The fourth-order valence-electron chi connectivity index (χ4n) is 3.87. The molecule has 0 N–H and O–H groups in total. The average Bonchev–Trinajstić information content (AvgIpc) is 3.18. The van der Waals surface area contributed by atoms with Crippen LogP contribution in [0.1, 0.15) is 39.6 Å². The summed E-state index contributed by atoms with van der Waals surface area (Å²) >= 11 is 0. The summed E-state index contributed by atoms with van der Waals surface area (Å²) in [7, 11) is 1.84. The summed E-state index contributed by atoms with van der Waals surface area (Å²) in [6.07, 6.45) is 8.92. The minimum Gasteiger partial charge on any atom is -0.306 e. The molecular weight excluding hydrogens is 350 g/mol. The molecule has 0 spiro atoms. The molecule has 0 saturated heterocycles. The lowest BCUT2D eigenvalue weighted by Gasteiger charge is -2.31. The third-order valence-corrected chi connectivity index (χ3v) is 5.53. The van der Waals surface area contributed by atoms with E-state index in [0.29, 0.717) is 36.3 Å². The van der Waals surface area contributed by atoms with Crippen LogP contribution in [-0.2, 0) is 18.3 Å². The molecule has 0 aromatic carbocycles. The molecule has 6 heteroatoms. The predicted molar refractivity (Wildman–Crippen MR) is 110 cm³/mol. The summed E-state index contributed by atoms with van der Waals surface area (Å²) < 4.78 is 47.4. The second kappa shape index (κ2) is 7.80. The minimum atomic E-state index is -2.70.